The number of ether oxygens (including phenoxy) is 2. The third kappa shape index (κ3) is 4.60. The van der Waals surface area contributed by atoms with Gasteiger partial charge in [0.1, 0.15) is 11.0 Å². The topological polar surface area (TPSA) is 37.8 Å². The SMILES string of the molecule is Cc1cc(N2CCOCC2)cc2[s+]c3cc(N4C[C@H](C)O[C@@H](C)C4)cc(C)c3nc12.[I-]. The van der Waals surface area contributed by atoms with Gasteiger partial charge in [0.25, 0.3) is 9.40 Å². The molecule has 166 valence electrons. The maximum atomic E-state index is 5.93. The summed E-state index contributed by atoms with van der Waals surface area (Å²) in [5.41, 5.74) is 7.28. The second kappa shape index (κ2) is 9.29. The van der Waals surface area contributed by atoms with Crippen molar-refractivity contribution in [2.45, 2.75) is 39.9 Å². The number of halogens is 1. The van der Waals surface area contributed by atoms with Crippen molar-refractivity contribution in [2.24, 2.45) is 0 Å². The number of aromatic nitrogens is 1. The normalized spacial score (nSPS) is 22.1. The van der Waals surface area contributed by atoms with Gasteiger partial charge in [-0.3, -0.25) is 0 Å². The first-order chi connectivity index (χ1) is 14.5. The molecule has 0 unspecified atom stereocenters. The second-order valence-electron chi connectivity index (χ2n) is 8.69. The lowest BCUT2D eigenvalue weighted by Gasteiger charge is -2.36. The van der Waals surface area contributed by atoms with Crippen LogP contribution in [0.3, 0.4) is 0 Å². The minimum absolute atomic E-state index is 0. The number of morpholine rings is 2. The fourth-order valence-electron chi connectivity index (χ4n) is 4.71. The summed E-state index contributed by atoms with van der Waals surface area (Å²) in [4.78, 5) is 9.98. The highest BCUT2D eigenvalue weighted by atomic mass is 127. The molecule has 0 amide bonds. The molecule has 0 spiro atoms. The first-order valence-electron chi connectivity index (χ1n) is 10.9. The van der Waals surface area contributed by atoms with E-state index in [4.69, 9.17) is 14.5 Å². The van der Waals surface area contributed by atoms with E-state index < -0.39 is 0 Å². The number of aryl methyl sites for hydroxylation is 2. The standard InChI is InChI=1S/C24H30N3O2S.HI/c1-15-9-19(26-5-7-28-8-6-26)11-21-23(15)25-24-16(2)10-20(12-22(24)30-21)27-13-17(3)29-18(4)14-27;/h9-12,17-18H,5-8,13-14H2,1-4H3;1H/q+1;/p-1/t17-,18-;/m0./s1. The highest BCUT2D eigenvalue weighted by Crippen LogP contribution is 2.35. The maximum Gasteiger partial charge on any atom is 0.259 e. The summed E-state index contributed by atoms with van der Waals surface area (Å²) in [6.07, 6.45) is 0.503. The Hall–Kier alpha value is -1.29. The van der Waals surface area contributed by atoms with Crippen LogP contribution in [0, 0.1) is 13.8 Å². The predicted octanol–water partition coefficient (Wildman–Crippen LogP) is 1.80. The zero-order valence-electron chi connectivity index (χ0n) is 18.7. The van der Waals surface area contributed by atoms with Crippen LogP contribution in [0.5, 0.6) is 0 Å². The molecule has 0 saturated carbocycles. The van der Waals surface area contributed by atoms with Gasteiger partial charge in [-0.1, -0.05) is 0 Å². The molecule has 2 saturated heterocycles. The number of anilines is 2. The molecule has 2 aromatic carbocycles. The van der Waals surface area contributed by atoms with Crippen molar-refractivity contribution >= 4 is 43.1 Å². The molecular weight excluding hydrogens is 521 g/mol. The first-order valence-corrected chi connectivity index (χ1v) is 11.7. The largest absolute Gasteiger partial charge is 1.00 e. The minimum Gasteiger partial charge on any atom is -1.00 e. The fraction of sp³-hybridized carbons (Fsp3) is 0.500. The van der Waals surface area contributed by atoms with E-state index in [0.29, 0.717) is 0 Å². The van der Waals surface area contributed by atoms with E-state index in [9.17, 15) is 0 Å². The molecule has 1 aromatic heterocycles. The van der Waals surface area contributed by atoms with E-state index in [1.54, 1.807) is 0 Å². The molecule has 2 aliphatic rings. The van der Waals surface area contributed by atoms with Gasteiger partial charge in [0, 0.05) is 49.7 Å². The Bertz CT molecular complexity index is 1090. The van der Waals surface area contributed by atoms with Gasteiger partial charge >= 0.3 is 0 Å². The number of hydrogen-bond acceptors (Lipinski definition) is 5. The molecule has 2 fully saturated rings. The molecule has 2 aliphatic heterocycles. The summed E-state index contributed by atoms with van der Waals surface area (Å²) in [6, 6.07) is 9.20. The van der Waals surface area contributed by atoms with Gasteiger partial charge < -0.3 is 43.3 Å². The van der Waals surface area contributed by atoms with Crippen molar-refractivity contribution in [2.75, 3.05) is 49.2 Å². The summed E-state index contributed by atoms with van der Waals surface area (Å²) >= 11 is 1.86. The lowest BCUT2D eigenvalue weighted by molar-refractivity contribution is -0.00526. The Morgan fingerprint density at radius 2 is 1.35 bits per heavy atom. The maximum absolute atomic E-state index is 5.93. The molecule has 0 bridgehead atoms. The average molecular weight is 551 g/mol. The van der Waals surface area contributed by atoms with Gasteiger partial charge in [0.15, 0.2) is 0 Å². The van der Waals surface area contributed by atoms with Crippen LogP contribution in [-0.4, -0.2) is 56.6 Å². The Balaban J connectivity index is 0.00000231. The van der Waals surface area contributed by atoms with Crippen molar-refractivity contribution in [3.8, 4) is 0 Å². The Labute approximate surface area is 205 Å². The molecule has 3 heterocycles. The van der Waals surface area contributed by atoms with E-state index >= 15 is 0 Å². The van der Waals surface area contributed by atoms with Gasteiger partial charge in [0.2, 0.25) is 11.3 Å². The lowest BCUT2D eigenvalue weighted by atomic mass is 10.1. The number of benzene rings is 2. The van der Waals surface area contributed by atoms with Crippen LogP contribution in [-0.2, 0) is 9.47 Å². The van der Waals surface area contributed by atoms with Crippen LogP contribution in [0.15, 0.2) is 24.3 Å². The molecular formula is C24H30IN3O2S. The zero-order chi connectivity index (χ0) is 20.8. The zero-order valence-corrected chi connectivity index (χ0v) is 21.6. The number of fused-ring (bicyclic) bond motifs is 2. The van der Waals surface area contributed by atoms with Crippen molar-refractivity contribution < 1.29 is 33.5 Å². The number of rotatable bonds is 2. The fourth-order valence-corrected chi connectivity index (χ4v) is 5.91. The monoisotopic (exact) mass is 551 g/mol. The third-order valence-electron chi connectivity index (χ3n) is 6.11. The van der Waals surface area contributed by atoms with Gasteiger partial charge in [-0.25, -0.2) is 4.98 Å². The summed E-state index contributed by atoms with van der Waals surface area (Å²) < 4.78 is 14.0. The molecule has 3 aromatic rings. The lowest BCUT2D eigenvalue weighted by Crippen LogP contribution is -3.00. The van der Waals surface area contributed by atoms with Crippen LogP contribution in [0.4, 0.5) is 11.4 Å². The first kappa shape index (κ1) is 22.9. The molecule has 5 rings (SSSR count). The van der Waals surface area contributed by atoms with Crippen LogP contribution >= 0.6 is 11.3 Å². The minimum atomic E-state index is 0. The van der Waals surface area contributed by atoms with Crippen LogP contribution in [0.2, 0.25) is 0 Å². The Morgan fingerprint density at radius 1 is 0.839 bits per heavy atom. The Morgan fingerprint density at radius 3 is 1.90 bits per heavy atom. The van der Waals surface area contributed by atoms with Gasteiger partial charge in [-0.05, 0) is 51.0 Å². The van der Waals surface area contributed by atoms with E-state index in [2.05, 4.69) is 61.8 Å². The number of hydrogen-bond donors (Lipinski definition) is 0. The van der Waals surface area contributed by atoms with E-state index in [1.807, 2.05) is 11.3 Å². The van der Waals surface area contributed by atoms with Crippen LogP contribution in [0.25, 0.3) is 20.4 Å². The summed E-state index contributed by atoms with van der Waals surface area (Å²) in [7, 11) is 0. The molecule has 2 atom stereocenters. The van der Waals surface area contributed by atoms with Crippen molar-refractivity contribution in [1.82, 2.24) is 4.98 Å². The molecule has 7 heteroatoms. The highest BCUT2D eigenvalue weighted by Gasteiger charge is 2.25. The third-order valence-corrected chi connectivity index (χ3v) is 7.17. The Kier molecular flexibility index (Phi) is 6.86. The molecule has 0 radical (unpaired) electrons. The average Bonchev–Trinajstić information content (AvgIpc) is 2.72. The molecule has 0 aliphatic carbocycles. The van der Waals surface area contributed by atoms with Gasteiger partial charge in [0.05, 0.1) is 25.4 Å². The van der Waals surface area contributed by atoms with Crippen molar-refractivity contribution in [3.05, 3.63) is 35.4 Å². The van der Waals surface area contributed by atoms with E-state index in [-0.39, 0.29) is 36.2 Å². The van der Waals surface area contributed by atoms with Crippen LogP contribution < -0.4 is 33.8 Å². The highest BCUT2D eigenvalue weighted by molar-refractivity contribution is 7.24. The predicted molar refractivity (Wildman–Crippen MR) is 126 cm³/mol. The quantitative estimate of drug-likeness (QED) is 0.276. The molecule has 5 nitrogen and oxygen atoms in total. The van der Waals surface area contributed by atoms with Gasteiger partial charge in [-0.2, -0.15) is 0 Å². The summed E-state index contributed by atoms with van der Waals surface area (Å²) in [5.74, 6) is 0. The van der Waals surface area contributed by atoms with E-state index in [0.717, 1.165) is 50.4 Å². The molecule has 0 N–H and O–H groups in total. The van der Waals surface area contributed by atoms with Crippen molar-refractivity contribution in [1.29, 1.82) is 0 Å². The van der Waals surface area contributed by atoms with Crippen molar-refractivity contribution in [3.63, 3.8) is 0 Å². The number of nitrogens with zero attached hydrogens (tertiary/aromatic N) is 3. The smallest absolute Gasteiger partial charge is 0.259 e. The van der Waals surface area contributed by atoms with Crippen LogP contribution in [0.1, 0.15) is 25.0 Å². The summed E-state index contributed by atoms with van der Waals surface area (Å²) in [6.45, 7) is 14.0. The molecule has 31 heavy (non-hydrogen) atoms. The van der Waals surface area contributed by atoms with Gasteiger partial charge in [-0.15, -0.1) is 0 Å². The summed E-state index contributed by atoms with van der Waals surface area (Å²) in [5, 5.41) is 0. The second-order valence-corrected chi connectivity index (χ2v) is 9.78. The van der Waals surface area contributed by atoms with E-state index in [1.165, 1.54) is 31.9 Å².